The van der Waals surface area contributed by atoms with E-state index in [0.29, 0.717) is 29.9 Å². The molecule has 1 aromatic rings. The molecule has 1 heterocycles. The van der Waals surface area contributed by atoms with Crippen LogP contribution >= 0.6 is 0 Å². The number of rotatable bonds is 9. The van der Waals surface area contributed by atoms with E-state index in [0.717, 1.165) is 51.1 Å². The Balaban J connectivity index is 1.37. The zero-order valence-corrected chi connectivity index (χ0v) is 16.4. The fraction of sp³-hybridized carbons (Fsp3) is 0.636. The fourth-order valence-corrected chi connectivity index (χ4v) is 4.53. The minimum absolute atomic E-state index is 0.249. The molecule has 3 rings (SSSR count). The van der Waals surface area contributed by atoms with Crippen molar-refractivity contribution in [3.63, 3.8) is 0 Å². The van der Waals surface area contributed by atoms with Gasteiger partial charge in [0.25, 0.3) is 0 Å². The second-order valence-corrected chi connectivity index (χ2v) is 8.02. The molecular weight excluding hydrogens is 336 g/mol. The molecule has 1 aliphatic carbocycles. The van der Waals surface area contributed by atoms with Crippen molar-refractivity contribution in [2.75, 3.05) is 31.5 Å². The van der Waals surface area contributed by atoms with E-state index in [1.165, 1.54) is 12.8 Å². The highest BCUT2D eigenvalue weighted by Gasteiger charge is 2.42. The number of unbranched alkanes of at least 4 members (excludes halogenated alkanes) is 1. The number of hydrogen-bond acceptors (Lipinski definition) is 4. The number of amides is 1. The van der Waals surface area contributed by atoms with Crippen molar-refractivity contribution in [3.8, 4) is 6.07 Å². The molecule has 1 aliphatic heterocycles. The normalized spacial score (nSPS) is 24.4. The van der Waals surface area contributed by atoms with Crippen molar-refractivity contribution in [2.24, 2.45) is 11.8 Å². The lowest BCUT2D eigenvalue weighted by Gasteiger charge is -2.38. The van der Waals surface area contributed by atoms with Crippen molar-refractivity contribution in [1.29, 1.82) is 5.26 Å². The molecule has 0 spiro atoms. The Labute approximate surface area is 163 Å². The van der Waals surface area contributed by atoms with Crippen LogP contribution in [0.4, 0.5) is 5.69 Å². The van der Waals surface area contributed by atoms with Gasteiger partial charge in [0, 0.05) is 37.8 Å². The number of piperidine rings is 1. The SMILES string of the molecule is CCCCC(=O)NC1C2CCC1CN(CCCNc1ccc(C#N)cc1)C2. The Morgan fingerprint density at radius 1 is 1.19 bits per heavy atom. The highest BCUT2D eigenvalue weighted by Crippen LogP contribution is 2.37. The summed E-state index contributed by atoms with van der Waals surface area (Å²) in [5.74, 6) is 1.50. The van der Waals surface area contributed by atoms with Gasteiger partial charge >= 0.3 is 0 Å². The third-order valence-corrected chi connectivity index (χ3v) is 5.99. The van der Waals surface area contributed by atoms with Gasteiger partial charge in [-0.05, 0) is 68.3 Å². The molecule has 5 nitrogen and oxygen atoms in total. The van der Waals surface area contributed by atoms with Crippen LogP contribution in [0, 0.1) is 23.2 Å². The molecule has 2 unspecified atom stereocenters. The molecule has 1 aromatic carbocycles. The Kier molecular flexibility index (Phi) is 7.11. The lowest BCUT2D eigenvalue weighted by Crippen LogP contribution is -2.52. The van der Waals surface area contributed by atoms with Crippen LogP contribution in [0.15, 0.2) is 24.3 Å². The molecule has 1 amide bonds. The minimum Gasteiger partial charge on any atom is -0.385 e. The van der Waals surface area contributed by atoms with Gasteiger partial charge in [-0.1, -0.05) is 13.3 Å². The number of anilines is 1. The maximum atomic E-state index is 12.1. The van der Waals surface area contributed by atoms with Crippen LogP contribution in [0.2, 0.25) is 0 Å². The predicted octanol–water partition coefficient (Wildman–Crippen LogP) is 3.38. The number of carbonyl (C=O) groups is 1. The van der Waals surface area contributed by atoms with E-state index >= 15 is 0 Å². The first-order valence-electron chi connectivity index (χ1n) is 10.5. The third-order valence-electron chi connectivity index (χ3n) is 5.99. The fourth-order valence-electron chi connectivity index (χ4n) is 4.53. The Bertz CT molecular complexity index is 637. The van der Waals surface area contributed by atoms with E-state index in [-0.39, 0.29) is 5.91 Å². The number of likely N-dealkylation sites (tertiary alicyclic amines) is 1. The van der Waals surface area contributed by atoms with Gasteiger partial charge in [0.15, 0.2) is 0 Å². The van der Waals surface area contributed by atoms with Gasteiger partial charge in [-0.3, -0.25) is 4.79 Å². The Morgan fingerprint density at radius 3 is 2.52 bits per heavy atom. The largest absolute Gasteiger partial charge is 0.385 e. The van der Waals surface area contributed by atoms with Gasteiger partial charge in [-0.25, -0.2) is 0 Å². The summed E-state index contributed by atoms with van der Waals surface area (Å²) in [4.78, 5) is 14.7. The van der Waals surface area contributed by atoms with Crippen LogP contribution in [-0.2, 0) is 4.79 Å². The van der Waals surface area contributed by atoms with Gasteiger partial charge < -0.3 is 15.5 Å². The highest BCUT2D eigenvalue weighted by atomic mass is 16.1. The van der Waals surface area contributed by atoms with Crippen molar-refractivity contribution in [1.82, 2.24) is 10.2 Å². The minimum atomic E-state index is 0.249. The standard InChI is InChI=1S/C22H32N4O/c1-2-3-5-21(27)25-22-18-8-9-19(22)16-26(15-18)13-4-12-24-20-10-6-17(14-23)7-11-20/h6-7,10-11,18-19,22,24H,2-5,8-9,12-13,15-16H2,1H3,(H,25,27). The average molecular weight is 369 g/mol. The van der Waals surface area contributed by atoms with Gasteiger partial charge in [-0.2, -0.15) is 5.26 Å². The molecule has 1 saturated carbocycles. The molecule has 2 atom stereocenters. The van der Waals surface area contributed by atoms with Crippen molar-refractivity contribution in [2.45, 2.75) is 51.5 Å². The first-order valence-corrected chi connectivity index (χ1v) is 10.5. The highest BCUT2D eigenvalue weighted by molar-refractivity contribution is 5.76. The Morgan fingerprint density at radius 2 is 1.89 bits per heavy atom. The zero-order chi connectivity index (χ0) is 19.1. The topological polar surface area (TPSA) is 68.2 Å². The van der Waals surface area contributed by atoms with E-state index < -0.39 is 0 Å². The van der Waals surface area contributed by atoms with Crippen molar-refractivity contribution >= 4 is 11.6 Å². The van der Waals surface area contributed by atoms with E-state index in [2.05, 4.69) is 28.5 Å². The van der Waals surface area contributed by atoms with E-state index in [1.807, 2.05) is 24.3 Å². The first-order chi connectivity index (χ1) is 13.2. The molecule has 2 fully saturated rings. The van der Waals surface area contributed by atoms with Crippen LogP contribution < -0.4 is 10.6 Å². The van der Waals surface area contributed by atoms with Crippen LogP contribution in [-0.4, -0.2) is 43.0 Å². The second kappa shape index (κ2) is 9.75. The van der Waals surface area contributed by atoms with Gasteiger partial charge in [0.2, 0.25) is 5.91 Å². The first kappa shape index (κ1) is 19.7. The summed E-state index contributed by atoms with van der Waals surface area (Å²) in [5, 5.41) is 15.6. The van der Waals surface area contributed by atoms with Crippen molar-refractivity contribution in [3.05, 3.63) is 29.8 Å². The van der Waals surface area contributed by atoms with Crippen LogP contribution in [0.5, 0.6) is 0 Å². The number of benzene rings is 1. The smallest absolute Gasteiger partial charge is 0.220 e. The second-order valence-electron chi connectivity index (χ2n) is 8.02. The summed E-state index contributed by atoms with van der Waals surface area (Å²) in [6, 6.07) is 10.2. The van der Waals surface area contributed by atoms with E-state index in [9.17, 15) is 4.79 Å². The summed E-state index contributed by atoms with van der Waals surface area (Å²) < 4.78 is 0. The number of nitrogens with zero attached hydrogens (tertiary/aromatic N) is 2. The predicted molar refractivity (Wildman–Crippen MR) is 108 cm³/mol. The zero-order valence-electron chi connectivity index (χ0n) is 16.4. The van der Waals surface area contributed by atoms with Crippen molar-refractivity contribution < 1.29 is 4.79 Å². The van der Waals surface area contributed by atoms with Crippen LogP contribution in [0.25, 0.3) is 0 Å². The number of nitriles is 1. The summed E-state index contributed by atoms with van der Waals surface area (Å²) in [5.41, 5.74) is 1.77. The molecule has 2 bridgehead atoms. The van der Waals surface area contributed by atoms with E-state index in [1.54, 1.807) is 0 Å². The maximum absolute atomic E-state index is 12.1. The lowest BCUT2D eigenvalue weighted by molar-refractivity contribution is -0.122. The monoisotopic (exact) mass is 368 g/mol. The summed E-state index contributed by atoms with van der Waals surface area (Å²) in [6.45, 7) is 6.41. The number of hydrogen-bond donors (Lipinski definition) is 2. The summed E-state index contributed by atoms with van der Waals surface area (Å²) >= 11 is 0. The number of nitrogens with one attached hydrogen (secondary N) is 2. The quantitative estimate of drug-likeness (QED) is 0.656. The summed E-state index contributed by atoms with van der Waals surface area (Å²) in [6.07, 6.45) is 6.36. The summed E-state index contributed by atoms with van der Waals surface area (Å²) in [7, 11) is 0. The molecule has 2 aliphatic rings. The number of carbonyl (C=O) groups excluding carboxylic acids is 1. The molecular formula is C22H32N4O. The van der Waals surface area contributed by atoms with Gasteiger partial charge in [0.1, 0.15) is 0 Å². The molecule has 1 saturated heterocycles. The average Bonchev–Trinajstić information content (AvgIpc) is 2.91. The molecule has 5 heteroatoms. The van der Waals surface area contributed by atoms with Crippen LogP contribution in [0.1, 0.15) is 51.0 Å². The van der Waals surface area contributed by atoms with Gasteiger partial charge in [0.05, 0.1) is 11.6 Å². The number of fused-ring (bicyclic) bond motifs is 2. The molecule has 27 heavy (non-hydrogen) atoms. The van der Waals surface area contributed by atoms with Crippen LogP contribution in [0.3, 0.4) is 0 Å². The van der Waals surface area contributed by atoms with Gasteiger partial charge in [-0.15, -0.1) is 0 Å². The molecule has 0 aromatic heterocycles. The molecule has 2 N–H and O–H groups in total. The Hall–Kier alpha value is -2.06. The molecule has 0 radical (unpaired) electrons. The third kappa shape index (κ3) is 5.46. The lowest BCUT2D eigenvalue weighted by atomic mass is 9.91. The molecule has 146 valence electrons. The maximum Gasteiger partial charge on any atom is 0.220 e. The van der Waals surface area contributed by atoms with E-state index in [4.69, 9.17) is 5.26 Å².